The van der Waals surface area contributed by atoms with Crippen molar-refractivity contribution in [3.05, 3.63) is 147 Å². The topological polar surface area (TPSA) is 226 Å². The number of nitrogens with one attached hydrogen (secondary N) is 3. The maximum absolute atomic E-state index is 14.6. The summed E-state index contributed by atoms with van der Waals surface area (Å²) in [5.41, 5.74) is -0.762. The summed E-state index contributed by atoms with van der Waals surface area (Å²) in [7, 11) is 1.54. The van der Waals surface area contributed by atoms with Crippen molar-refractivity contribution in [1.29, 1.82) is 0 Å². The number of hydrogen-bond acceptors (Lipinski definition) is 16. The number of carbonyl (C=O) groups is 6. The largest absolute Gasteiger partial charge is 0.497 e. The van der Waals surface area contributed by atoms with Crippen LogP contribution in [-0.2, 0) is 56.1 Å². The van der Waals surface area contributed by atoms with Gasteiger partial charge < -0.3 is 33.8 Å². The molecule has 0 bridgehead atoms. The lowest BCUT2D eigenvalue weighted by Crippen LogP contribution is -2.71. The van der Waals surface area contributed by atoms with Crippen LogP contribution in [0.4, 0.5) is 20.4 Å². The molecule has 3 aromatic carbocycles. The van der Waals surface area contributed by atoms with Crippen molar-refractivity contribution in [3.8, 4) is 5.75 Å². The van der Waals surface area contributed by atoms with Crippen molar-refractivity contribution in [1.82, 2.24) is 15.2 Å². The zero-order valence-electron chi connectivity index (χ0n) is 42.0. The molecule has 8 rings (SSSR count). The van der Waals surface area contributed by atoms with Crippen LogP contribution in [-0.4, -0.2) is 92.6 Å². The quantitative estimate of drug-likeness (QED) is 0.0198. The Morgan fingerprint density at radius 2 is 1.45 bits per heavy atom. The Hall–Kier alpha value is -7.49. The summed E-state index contributed by atoms with van der Waals surface area (Å²) in [6, 6.07) is 27.5. The molecular formula is C53H55ClN7O12S2+. The summed E-state index contributed by atoms with van der Waals surface area (Å²) in [5, 5.41) is 11.3. The van der Waals surface area contributed by atoms with Crippen molar-refractivity contribution < 1.29 is 61.9 Å². The molecular weight excluding hydrogens is 1030 g/mol. The molecule has 3 aliphatic rings. The minimum atomic E-state index is -1.59. The molecule has 0 radical (unpaired) electrons. The van der Waals surface area contributed by atoms with Crippen molar-refractivity contribution >= 4 is 87.2 Å². The minimum absolute atomic E-state index is 0.00217. The number of rotatable bonds is 17. The molecule has 1 saturated heterocycles. The highest BCUT2D eigenvalue weighted by Gasteiger charge is 2.58. The summed E-state index contributed by atoms with van der Waals surface area (Å²) < 4.78 is 29.6. The third-order valence-corrected chi connectivity index (χ3v) is 13.9. The zero-order valence-corrected chi connectivity index (χ0v) is 44.4. The first kappa shape index (κ1) is 53.8. The van der Waals surface area contributed by atoms with E-state index in [0.29, 0.717) is 33.7 Å². The predicted octanol–water partition coefficient (Wildman–Crippen LogP) is 8.47. The van der Waals surface area contributed by atoms with E-state index in [4.69, 9.17) is 40.1 Å². The molecule has 2 aromatic heterocycles. The van der Waals surface area contributed by atoms with E-state index in [9.17, 15) is 28.8 Å². The van der Waals surface area contributed by atoms with Gasteiger partial charge >= 0.3 is 24.1 Å². The second-order valence-electron chi connectivity index (χ2n) is 19.5. The summed E-state index contributed by atoms with van der Waals surface area (Å²) in [5.74, 6) is -2.25. The van der Waals surface area contributed by atoms with Crippen LogP contribution in [0.25, 0.3) is 0 Å². The van der Waals surface area contributed by atoms with Crippen LogP contribution in [0, 0.1) is 0 Å². The van der Waals surface area contributed by atoms with E-state index in [1.807, 2.05) is 60.7 Å². The second kappa shape index (κ2) is 22.5. The molecule has 4 amide bonds. The SMILES string of the molecule is COc1ccc(COC(=O)C2=C(C[n+]3ccc(NC(=O)OC(C)(C)C)cc3)CSC3C(NC(=O)C(=NOC4(C(=O)OC(c5ccccc5)c5ccccc5)CC4)c4nc(NC(=O)OC(C)(C)C)sc4Cl)C(=O)N23)cc1. The average Bonchev–Trinajstić information content (AvgIpc) is 4.10. The standard InChI is InChI=1S/C53H54ClN7O12S2/c1-51(2,3)71-49(66)55-35-22-26-60(27-23-35)28-34-30-74-45-39(44(63)61(45)40(34)46(64)69-29-31-18-20-36(68-7)21-19-31)56-43(62)38(37-42(54)75-48(57-37)58-50(67)72-52(4,5)6)59-73-53(24-25-53)47(65)70-41(32-14-10-8-11-15-32)33-16-12-9-13-17-33/h8-23,26-27,39,41,45H,24-25,28-30H2,1-7H3,(H2,56,57,58,62,67)/p+1. The number of ether oxygens (including phenoxy) is 5. The zero-order chi connectivity index (χ0) is 53.7. The molecule has 5 aromatic rings. The van der Waals surface area contributed by atoms with Gasteiger partial charge in [-0.1, -0.05) is 101 Å². The molecule has 19 nitrogen and oxygen atoms in total. The second-order valence-corrected chi connectivity index (χ2v) is 22.2. The molecule has 4 heterocycles. The number of methoxy groups -OCH3 is 1. The van der Waals surface area contributed by atoms with Gasteiger partial charge in [0.25, 0.3) is 11.8 Å². The summed E-state index contributed by atoms with van der Waals surface area (Å²) >= 11 is 8.83. The first-order chi connectivity index (χ1) is 35.7. The number of β-lactam (4-membered cyclic amide) rings is 1. The lowest BCUT2D eigenvalue weighted by atomic mass is 10.0. The Kier molecular flexibility index (Phi) is 16.2. The first-order valence-electron chi connectivity index (χ1n) is 23.7. The van der Waals surface area contributed by atoms with Gasteiger partial charge in [0, 0.05) is 36.3 Å². The Labute approximate surface area is 445 Å². The van der Waals surface area contributed by atoms with E-state index in [-0.39, 0.29) is 52.6 Å². The highest BCUT2D eigenvalue weighted by atomic mass is 35.5. The predicted molar refractivity (Wildman–Crippen MR) is 279 cm³/mol. The molecule has 2 fully saturated rings. The smallest absolute Gasteiger partial charge is 0.413 e. The highest BCUT2D eigenvalue weighted by Crippen LogP contribution is 2.44. The lowest BCUT2D eigenvalue weighted by Gasteiger charge is -2.49. The fourth-order valence-corrected chi connectivity index (χ4v) is 10.1. The van der Waals surface area contributed by atoms with Crippen LogP contribution < -0.4 is 25.3 Å². The molecule has 1 saturated carbocycles. The van der Waals surface area contributed by atoms with E-state index in [2.05, 4.69) is 26.1 Å². The summed E-state index contributed by atoms with van der Waals surface area (Å²) in [6.45, 7) is 10.4. The number of thiazole rings is 1. The first-order valence-corrected chi connectivity index (χ1v) is 25.9. The number of anilines is 2. The van der Waals surface area contributed by atoms with Gasteiger partial charge in [-0.2, -0.15) is 0 Å². The summed E-state index contributed by atoms with van der Waals surface area (Å²) in [6.07, 6.45) is 1.54. The molecule has 1 aliphatic carbocycles. The Morgan fingerprint density at radius 3 is 2.03 bits per heavy atom. The number of benzene rings is 3. The Morgan fingerprint density at radius 1 is 0.853 bits per heavy atom. The number of amides is 4. The number of carbonyl (C=O) groups excluding carboxylic acids is 6. The van der Waals surface area contributed by atoms with Gasteiger partial charge in [-0.05, 0) is 70.4 Å². The molecule has 2 aliphatic heterocycles. The van der Waals surface area contributed by atoms with Gasteiger partial charge in [-0.25, -0.2) is 28.7 Å². The number of aromatic nitrogens is 2. The van der Waals surface area contributed by atoms with Crippen LogP contribution in [0.1, 0.15) is 82.9 Å². The van der Waals surface area contributed by atoms with Crippen molar-refractivity contribution in [3.63, 3.8) is 0 Å². The lowest BCUT2D eigenvalue weighted by molar-refractivity contribution is -0.688. The Balaban J connectivity index is 1.05. The van der Waals surface area contributed by atoms with Crippen LogP contribution in [0.2, 0.25) is 4.34 Å². The maximum Gasteiger partial charge on any atom is 0.413 e. The number of esters is 2. The van der Waals surface area contributed by atoms with Crippen molar-refractivity contribution in [2.75, 3.05) is 23.5 Å². The van der Waals surface area contributed by atoms with E-state index >= 15 is 0 Å². The average molecular weight is 1080 g/mol. The fourth-order valence-electron chi connectivity index (χ4n) is 7.69. The van der Waals surface area contributed by atoms with Gasteiger partial charge in [0.2, 0.25) is 5.60 Å². The van der Waals surface area contributed by atoms with E-state index < -0.39 is 76.0 Å². The monoisotopic (exact) mass is 1080 g/mol. The fraction of sp³-hybridized carbons (Fsp3) is 0.340. The molecule has 0 spiro atoms. The number of nitrogens with zero attached hydrogens (tertiary/aromatic N) is 4. The van der Waals surface area contributed by atoms with Crippen molar-refractivity contribution in [2.24, 2.45) is 5.16 Å². The normalized spacial score (nSPS) is 16.9. The van der Waals surface area contributed by atoms with Crippen LogP contribution in [0.3, 0.4) is 0 Å². The van der Waals surface area contributed by atoms with E-state index in [1.165, 1.54) is 16.7 Å². The third-order valence-electron chi connectivity index (χ3n) is 11.4. The van der Waals surface area contributed by atoms with Gasteiger partial charge in [-0.15, -0.1) is 11.8 Å². The maximum atomic E-state index is 14.6. The molecule has 75 heavy (non-hydrogen) atoms. The van der Waals surface area contributed by atoms with Gasteiger partial charge in [-0.3, -0.25) is 25.1 Å². The van der Waals surface area contributed by atoms with Gasteiger partial charge in [0.15, 0.2) is 35.9 Å². The molecule has 2 atom stereocenters. The minimum Gasteiger partial charge on any atom is -0.497 e. The number of fused-ring (bicyclic) bond motifs is 1. The van der Waals surface area contributed by atoms with Crippen molar-refractivity contribution in [2.45, 2.75) is 102 Å². The van der Waals surface area contributed by atoms with Crippen LogP contribution >= 0.6 is 34.7 Å². The van der Waals surface area contributed by atoms with E-state index in [1.54, 1.807) is 102 Å². The number of pyridine rings is 1. The van der Waals surface area contributed by atoms with E-state index in [0.717, 1.165) is 11.3 Å². The molecule has 2 unspecified atom stereocenters. The number of hydrogen-bond donors (Lipinski definition) is 3. The third kappa shape index (κ3) is 13.4. The van der Waals surface area contributed by atoms with Crippen LogP contribution in [0.5, 0.6) is 5.75 Å². The number of halogens is 1. The van der Waals surface area contributed by atoms with Gasteiger partial charge in [0.1, 0.15) is 50.7 Å². The number of oxime groups is 1. The molecule has 22 heteroatoms. The number of thioether (sulfide) groups is 1. The van der Waals surface area contributed by atoms with Crippen LogP contribution in [0.15, 0.2) is 126 Å². The molecule has 3 N–H and O–H groups in total. The highest BCUT2D eigenvalue weighted by molar-refractivity contribution is 8.00. The molecule has 392 valence electrons. The van der Waals surface area contributed by atoms with Gasteiger partial charge in [0.05, 0.1) is 12.8 Å². The Bertz CT molecular complexity index is 2970. The summed E-state index contributed by atoms with van der Waals surface area (Å²) in [4.78, 5) is 94.2.